The molecule has 0 radical (unpaired) electrons. The van der Waals surface area contributed by atoms with E-state index < -0.39 is 15.9 Å². The summed E-state index contributed by atoms with van der Waals surface area (Å²) < 4.78 is 35.3. The monoisotopic (exact) mass is 493 g/mol. The van der Waals surface area contributed by atoms with Crippen molar-refractivity contribution < 1.29 is 22.4 Å². The SMILES string of the molecule is COc1ccc(C(=O)N(Cc2ccc(-c3cc(Cl)ccc3Cl)o2)[C@H]2CCS(=O)(=O)C2)cc1. The third kappa shape index (κ3) is 4.95. The molecule has 6 nitrogen and oxygen atoms in total. The molecule has 1 atom stereocenters. The zero-order valence-electron chi connectivity index (χ0n) is 17.3. The Morgan fingerprint density at radius 1 is 1.12 bits per heavy atom. The molecule has 1 fully saturated rings. The van der Waals surface area contributed by atoms with Gasteiger partial charge in [-0.15, -0.1) is 0 Å². The summed E-state index contributed by atoms with van der Waals surface area (Å²) in [6.07, 6.45) is 0.387. The quantitative estimate of drug-likeness (QED) is 0.477. The summed E-state index contributed by atoms with van der Waals surface area (Å²) in [6, 6.07) is 14.9. The van der Waals surface area contributed by atoms with Crippen molar-refractivity contribution in [2.45, 2.75) is 19.0 Å². The largest absolute Gasteiger partial charge is 0.497 e. The van der Waals surface area contributed by atoms with Gasteiger partial charge in [0.1, 0.15) is 17.3 Å². The van der Waals surface area contributed by atoms with Crippen LogP contribution in [0.4, 0.5) is 0 Å². The molecule has 1 aromatic heterocycles. The number of hydrogen-bond donors (Lipinski definition) is 0. The van der Waals surface area contributed by atoms with Gasteiger partial charge in [0.2, 0.25) is 0 Å². The lowest BCUT2D eigenvalue weighted by Crippen LogP contribution is -2.40. The van der Waals surface area contributed by atoms with Crippen LogP contribution in [0.15, 0.2) is 59.0 Å². The first-order valence-corrected chi connectivity index (χ1v) is 12.5. The second kappa shape index (κ2) is 9.17. The first-order valence-electron chi connectivity index (χ1n) is 9.95. The lowest BCUT2D eigenvalue weighted by molar-refractivity contribution is 0.0666. The smallest absolute Gasteiger partial charge is 0.254 e. The van der Waals surface area contributed by atoms with Crippen molar-refractivity contribution in [1.29, 1.82) is 0 Å². The Hall–Kier alpha value is -2.48. The van der Waals surface area contributed by atoms with Crippen LogP contribution in [0.2, 0.25) is 10.0 Å². The fraction of sp³-hybridized carbons (Fsp3) is 0.261. The maximum absolute atomic E-state index is 13.3. The molecule has 0 unspecified atom stereocenters. The molecule has 2 aromatic carbocycles. The molecule has 1 aliphatic rings. The van der Waals surface area contributed by atoms with Gasteiger partial charge in [-0.05, 0) is 61.0 Å². The minimum atomic E-state index is -3.18. The fourth-order valence-electron chi connectivity index (χ4n) is 3.75. The maximum atomic E-state index is 13.3. The van der Waals surface area contributed by atoms with Crippen molar-refractivity contribution in [3.05, 3.63) is 76.0 Å². The molecular formula is C23H21Cl2NO5S. The van der Waals surface area contributed by atoms with Crippen molar-refractivity contribution >= 4 is 38.9 Å². The highest BCUT2D eigenvalue weighted by Gasteiger charge is 2.35. The molecule has 0 aliphatic carbocycles. The minimum absolute atomic E-state index is 0.0611. The number of carbonyl (C=O) groups excluding carboxylic acids is 1. The number of halogens is 2. The van der Waals surface area contributed by atoms with Crippen molar-refractivity contribution in [2.24, 2.45) is 0 Å². The van der Waals surface area contributed by atoms with Crippen LogP contribution in [0.1, 0.15) is 22.5 Å². The Morgan fingerprint density at radius 2 is 1.88 bits per heavy atom. The Labute approximate surface area is 196 Å². The third-order valence-corrected chi connectivity index (χ3v) is 7.74. The van der Waals surface area contributed by atoms with E-state index in [-0.39, 0.29) is 24.0 Å². The highest BCUT2D eigenvalue weighted by Crippen LogP contribution is 2.33. The highest BCUT2D eigenvalue weighted by atomic mass is 35.5. The fourth-order valence-corrected chi connectivity index (χ4v) is 5.86. The van der Waals surface area contributed by atoms with E-state index in [0.29, 0.717) is 44.9 Å². The first kappa shape index (κ1) is 22.7. The Bertz CT molecular complexity index is 1240. The van der Waals surface area contributed by atoms with E-state index in [9.17, 15) is 13.2 Å². The summed E-state index contributed by atoms with van der Waals surface area (Å²) in [5.41, 5.74) is 1.08. The van der Waals surface area contributed by atoms with E-state index >= 15 is 0 Å². The predicted octanol–water partition coefficient (Wildman–Crippen LogP) is 5.09. The summed E-state index contributed by atoms with van der Waals surface area (Å²) in [5.74, 6) is 1.39. The van der Waals surface area contributed by atoms with Crippen LogP contribution in [0.3, 0.4) is 0 Å². The highest BCUT2D eigenvalue weighted by molar-refractivity contribution is 7.91. The molecule has 0 bridgehead atoms. The van der Waals surface area contributed by atoms with Crippen LogP contribution in [0.5, 0.6) is 5.75 Å². The molecule has 2 heterocycles. The van der Waals surface area contributed by atoms with Gasteiger partial charge in [0.25, 0.3) is 5.91 Å². The number of nitrogens with zero attached hydrogens (tertiary/aromatic N) is 1. The van der Waals surface area contributed by atoms with Crippen molar-refractivity contribution in [2.75, 3.05) is 18.6 Å². The number of sulfone groups is 1. The number of furan rings is 1. The van der Waals surface area contributed by atoms with E-state index in [1.165, 1.54) is 0 Å². The summed E-state index contributed by atoms with van der Waals surface area (Å²) in [5, 5.41) is 1.01. The van der Waals surface area contributed by atoms with Crippen LogP contribution in [-0.4, -0.2) is 43.9 Å². The van der Waals surface area contributed by atoms with Crippen LogP contribution < -0.4 is 4.74 Å². The van der Waals surface area contributed by atoms with Gasteiger partial charge in [-0.3, -0.25) is 4.79 Å². The summed E-state index contributed by atoms with van der Waals surface area (Å²) in [6.45, 7) is 0.128. The second-order valence-electron chi connectivity index (χ2n) is 7.61. The molecule has 1 saturated heterocycles. The second-order valence-corrected chi connectivity index (χ2v) is 10.7. The van der Waals surface area contributed by atoms with E-state index in [1.54, 1.807) is 66.6 Å². The number of rotatable bonds is 6. The zero-order chi connectivity index (χ0) is 22.9. The first-order chi connectivity index (χ1) is 15.3. The Balaban J connectivity index is 1.63. The molecule has 0 spiro atoms. The van der Waals surface area contributed by atoms with Crippen LogP contribution in [0.25, 0.3) is 11.3 Å². The molecule has 3 aromatic rings. The number of hydrogen-bond acceptors (Lipinski definition) is 5. The Kier molecular flexibility index (Phi) is 6.51. The summed E-state index contributed by atoms with van der Waals surface area (Å²) >= 11 is 12.4. The van der Waals surface area contributed by atoms with Gasteiger partial charge in [-0.2, -0.15) is 0 Å². The van der Waals surface area contributed by atoms with Gasteiger partial charge in [-0.1, -0.05) is 23.2 Å². The standard InChI is InChI=1S/C23H21Cl2NO5S/c1-30-18-5-2-15(3-6-18)23(27)26(17-10-11-32(28,29)14-17)13-19-7-9-22(31-19)20-12-16(24)4-8-21(20)25/h2-9,12,17H,10-11,13-14H2,1H3/t17-/m0/s1. The molecule has 4 rings (SSSR count). The lowest BCUT2D eigenvalue weighted by Gasteiger charge is -2.27. The van der Waals surface area contributed by atoms with Gasteiger partial charge in [-0.25, -0.2) is 8.42 Å². The van der Waals surface area contributed by atoms with Gasteiger partial charge in [0, 0.05) is 22.2 Å². The maximum Gasteiger partial charge on any atom is 0.254 e. The van der Waals surface area contributed by atoms with Gasteiger partial charge >= 0.3 is 0 Å². The van der Waals surface area contributed by atoms with Gasteiger partial charge < -0.3 is 14.1 Å². The average molecular weight is 494 g/mol. The van der Waals surface area contributed by atoms with Crippen molar-refractivity contribution in [1.82, 2.24) is 4.90 Å². The summed E-state index contributed by atoms with van der Waals surface area (Å²) in [7, 11) is -1.64. The molecule has 1 amide bonds. The summed E-state index contributed by atoms with van der Waals surface area (Å²) in [4.78, 5) is 14.9. The van der Waals surface area contributed by atoms with Crippen molar-refractivity contribution in [3.8, 4) is 17.1 Å². The molecule has 0 saturated carbocycles. The van der Waals surface area contributed by atoms with Crippen molar-refractivity contribution in [3.63, 3.8) is 0 Å². The molecule has 168 valence electrons. The van der Waals surface area contributed by atoms with E-state index in [1.807, 2.05) is 0 Å². The molecule has 1 aliphatic heterocycles. The number of benzene rings is 2. The number of carbonyl (C=O) groups is 1. The van der Waals surface area contributed by atoms with Gasteiger partial charge in [0.15, 0.2) is 9.84 Å². The molecule has 0 N–H and O–H groups in total. The normalized spacial score (nSPS) is 17.3. The number of methoxy groups -OCH3 is 1. The number of ether oxygens (including phenoxy) is 1. The molecule has 32 heavy (non-hydrogen) atoms. The zero-order valence-corrected chi connectivity index (χ0v) is 19.6. The van der Waals surface area contributed by atoms with Crippen LogP contribution in [-0.2, 0) is 16.4 Å². The minimum Gasteiger partial charge on any atom is -0.497 e. The van der Waals surface area contributed by atoms with Crippen LogP contribution >= 0.6 is 23.2 Å². The van der Waals surface area contributed by atoms with E-state index in [0.717, 1.165) is 0 Å². The van der Waals surface area contributed by atoms with E-state index in [4.69, 9.17) is 32.4 Å². The molecular weight excluding hydrogens is 473 g/mol. The third-order valence-electron chi connectivity index (χ3n) is 5.43. The lowest BCUT2D eigenvalue weighted by atomic mass is 10.1. The van der Waals surface area contributed by atoms with E-state index in [2.05, 4.69) is 0 Å². The van der Waals surface area contributed by atoms with Crippen LogP contribution in [0, 0.1) is 0 Å². The topological polar surface area (TPSA) is 76.8 Å². The van der Waals surface area contributed by atoms with Gasteiger partial charge in [0.05, 0.1) is 30.2 Å². The molecule has 9 heteroatoms. The number of amides is 1. The average Bonchev–Trinajstić information content (AvgIpc) is 3.39. The Morgan fingerprint density at radius 3 is 2.53 bits per heavy atom. The predicted molar refractivity (Wildman–Crippen MR) is 124 cm³/mol.